The number of hydrogen-bond acceptors (Lipinski definition) is 3. The van der Waals surface area contributed by atoms with Crippen LogP contribution in [0.15, 0.2) is 54.6 Å². The Kier molecular flexibility index (Phi) is 5.68. The minimum absolute atomic E-state index is 0.0988. The molecule has 0 aliphatic heterocycles. The summed E-state index contributed by atoms with van der Waals surface area (Å²) >= 11 is 0. The molecule has 0 fully saturated rings. The van der Waals surface area contributed by atoms with Gasteiger partial charge in [-0.15, -0.1) is 0 Å². The Hall–Kier alpha value is -2.66. The van der Waals surface area contributed by atoms with E-state index < -0.39 is 0 Å². The van der Waals surface area contributed by atoms with Gasteiger partial charge in [-0.2, -0.15) is 0 Å². The van der Waals surface area contributed by atoms with Crippen LogP contribution >= 0.6 is 0 Å². The van der Waals surface area contributed by atoms with Gasteiger partial charge in [0.05, 0.1) is 17.9 Å². The Morgan fingerprint density at radius 1 is 0.818 bits per heavy atom. The molecule has 0 radical (unpaired) electrons. The second-order valence-corrected chi connectivity index (χ2v) is 4.83. The fourth-order valence-electron chi connectivity index (χ4n) is 2.02. The van der Waals surface area contributed by atoms with Gasteiger partial charge < -0.3 is 16.4 Å². The van der Waals surface area contributed by atoms with Crippen molar-refractivity contribution < 1.29 is 9.59 Å². The maximum absolute atomic E-state index is 12.0. The van der Waals surface area contributed by atoms with Gasteiger partial charge >= 0.3 is 0 Å². The van der Waals surface area contributed by atoms with Crippen LogP contribution in [0.1, 0.15) is 12.0 Å². The number of hydrogen-bond donors (Lipinski definition) is 3. The third-order valence-electron chi connectivity index (χ3n) is 3.14. The van der Waals surface area contributed by atoms with Gasteiger partial charge in [0.1, 0.15) is 0 Å². The molecular weight excluding hydrogens is 278 g/mol. The molecule has 0 spiro atoms. The van der Waals surface area contributed by atoms with E-state index in [9.17, 15) is 9.59 Å². The van der Waals surface area contributed by atoms with Gasteiger partial charge in [-0.05, 0) is 24.1 Å². The Morgan fingerprint density at radius 2 is 1.36 bits per heavy atom. The van der Waals surface area contributed by atoms with E-state index in [1.165, 1.54) is 0 Å². The van der Waals surface area contributed by atoms with E-state index >= 15 is 0 Å². The van der Waals surface area contributed by atoms with E-state index in [1.807, 2.05) is 30.3 Å². The van der Waals surface area contributed by atoms with Gasteiger partial charge in [-0.3, -0.25) is 9.59 Å². The molecule has 0 aliphatic rings. The van der Waals surface area contributed by atoms with E-state index in [4.69, 9.17) is 5.73 Å². The van der Waals surface area contributed by atoms with Crippen molar-refractivity contribution in [2.75, 3.05) is 17.2 Å². The molecule has 0 saturated heterocycles. The number of benzene rings is 2. The van der Waals surface area contributed by atoms with E-state index in [2.05, 4.69) is 10.6 Å². The molecule has 0 aliphatic carbocycles. The van der Waals surface area contributed by atoms with Crippen molar-refractivity contribution in [1.29, 1.82) is 0 Å². The molecule has 0 saturated carbocycles. The number of anilines is 2. The molecule has 5 heteroatoms. The lowest BCUT2D eigenvalue weighted by atomic mass is 10.1. The lowest BCUT2D eigenvalue weighted by Gasteiger charge is -2.11. The quantitative estimate of drug-likeness (QED) is 0.764. The van der Waals surface area contributed by atoms with Crippen LogP contribution in [0.5, 0.6) is 0 Å². The Balaban J connectivity index is 1.95. The molecule has 0 heterocycles. The van der Waals surface area contributed by atoms with Crippen LogP contribution < -0.4 is 16.4 Å². The second-order valence-electron chi connectivity index (χ2n) is 4.83. The molecule has 2 rings (SSSR count). The van der Waals surface area contributed by atoms with Crippen LogP contribution in [0.2, 0.25) is 0 Å². The molecular formula is C17H19N3O2. The first kappa shape index (κ1) is 15.7. The van der Waals surface area contributed by atoms with Crippen molar-refractivity contribution in [2.24, 2.45) is 5.73 Å². The molecule has 2 aromatic rings. The van der Waals surface area contributed by atoms with Gasteiger partial charge in [0.2, 0.25) is 11.8 Å². The van der Waals surface area contributed by atoms with Crippen LogP contribution in [0.4, 0.5) is 11.4 Å². The fourth-order valence-corrected chi connectivity index (χ4v) is 2.02. The molecule has 0 bridgehead atoms. The van der Waals surface area contributed by atoms with E-state index in [0.29, 0.717) is 24.2 Å². The summed E-state index contributed by atoms with van der Waals surface area (Å²) in [7, 11) is 0. The van der Waals surface area contributed by atoms with Gasteiger partial charge in [0, 0.05) is 6.42 Å². The SMILES string of the molecule is NCC(=O)Nc1ccccc1NC(=O)CCc1ccccc1. The van der Waals surface area contributed by atoms with Gasteiger partial charge in [-0.25, -0.2) is 0 Å². The first-order valence-electron chi connectivity index (χ1n) is 7.12. The zero-order valence-corrected chi connectivity index (χ0v) is 12.2. The number of amides is 2. The average Bonchev–Trinajstić information content (AvgIpc) is 2.55. The number of nitrogens with one attached hydrogen (secondary N) is 2. The predicted octanol–water partition coefficient (Wildman–Crippen LogP) is 2.16. The standard InChI is InChI=1S/C17H19N3O2/c18-12-17(22)20-15-9-5-4-8-14(15)19-16(21)11-10-13-6-2-1-3-7-13/h1-9H,10-12,18H2,(H,19,21)(H,20,22). The van der Waals surface area contributed by atoms with E-state index in [1.54, 1.807) is 24.3 Å². The van der Waals surface area contributed by atoms with Gasteiger partial charge in [0.25, 0.3) is 0 Å². The first-order valence-corrected chi connectivity index (χ1v) is 7.12. The zero-order valence-electron chi connectivity index (χ0n) is 12.2. The molecule has 2 aromatic carbocycles. The zero-order chi connectivity index (χ0) is 15.8. The average molecular weight is 297 g/mol. The Bertz CT molecular complexity index is 641. The smallest absolute Gasteiger partial charge is 0.238 e. The first-order chi connectivity index (χ1) is 10.7. The highest BCUT2D eigenvalue weighted by atomic mass is 16.2. The molecule has 114 valence electrons. The predicted molar refractivity (Wildman–Crippen MR) is 87.5 cm³/mol. The van der Waals surface area contributed by atoms with E-state index in [-0.39, 0.29) is 18.4 Å². The normalized spacial score (nSPS) is 10.0. The summed E-state index contributed by atoms with van der Waals surface area (Å²) < 4.78 is 0. The highest BCUT2D eigenvalue weighted by Crippen LogP contribution is 2.21. The summed E-state index contributed by atoms with van der Waals surface area (Å²) in [5.74, 6) is -0.399. The maximum Gasteiger partial charge on any atom is 0.238 e. The van der Waals surface area contributed by atoms with Crippen molar-refractivity contribution >= 4 is 23.2 Å². The largest absolute Gasteiger partial charge is 0.324 e. The molecule has 4 N–H and O–H groups in total. The highest BCUT2D eigenvalue weighted by molar-refractivity contribution is 6.00. The Labute approximate surface area is 129 Å². The fraction of sp³-hybridized carbons (Fsp3) is 0.176. The summed E-state index contributed by atoms with van der Waals surface area (Å²) in [6.45, 7) is -0.101. The summed E-state index contributed by atoms with van der Waals surface area (Å²) in [6, 6.07) is 16.9. The minimum Gasteiger partial charge on any atom is -0.324 e. The topological polar surface area (TPSA) is 84.2 Å². The number of aryl methyl sites for hydroxylation is 1. The summed E-state index contributed by atoms with van der Waals surface area (Å²) in [5.41, 5.74) is 7.52. The van der Waals surface area contributed by atoms with Crippen LogP contribution in [0.3, 0.4) is 0 Å². The van der Waals surface area contributed by atoms with Crippen LogP contribution in [0.25, 0.3) is 0 Å². The number of para-hydroxylation sites is 2. The molecule has 0 atom stereocenters. The van der Waals surface area contributed by atoms with Crippen molar-refractivity contribution in [3.8, 4) is 0 Å². The molecule has 22 heavy (non-hydrogen) atoms. The summed E-state index contributed by atoms with van der Waals surface area (Å²) in [6.07, 6.45) is 1.05. The highest BCUT2D eigenvalue weighted by Gasteiger charge is 2.08. The van der Waals surface area contributed by atoms with Crippen molar-refractivity contribution in [2.45, 2.75) is 12.8 Å². The number of carbonyl (C=O) groups excluding carboxylic acids is 2. The summed E-state index contributed by atoms with van der Waals surface area (Å²) in [4.78, 5) is 23.4. The summed E-state index contributed by atoms with van der Waals surface area (Å²) in [5, 5.41) is 5.48. The van der Waals surface area contributed by atoms with Crippen molar-refractivity contribution in [3.05, 3.63) is 60.2 Å². The minimum atomic E-state index is -0.300. The third-order valence-corrected chi connectivity index (χ3v) is 3.14. The van der Waals surface area contributed by atoms with Crippen molar-refractivity contribution in [1.82, 2.24) is 0 Å². The molecule has 5 nitrogen and oxygen atoms in total. The lowest BCUT2D eigenvalue weighted by Crippen LogP contribution is -2.23. The number of nitrogens with two attached hydrogens (primary N) is 1. The molecule has 0 aromatic heterocycles. The molecule has 2 amide bonds. The second kappa shape index (κ2) is 7.95. The van der Waals surface area contributed by atoms with Crippen molar-refractivity contribution in [3.63, 3.8) is 0 Å². The molecule has 0 unspecified atom stereocenters. The van der Waals surface area contributed by atoms with Gasteiger partial charge in [-0.1, -0.05) is 42.5 Å². The monoisotopic (exact) mass is 297 g/mol. The number of carbonyl (C=O) groups is 2. The maximum atomic E-state index is 12.0. The Morgan fingerprint density at radius 3 is 1.95 bits per heavy atom. The van der Waals surface area contributed by atoms with Gasteiger partial charge in [0.15, 0.2) is 0 Å². The number of rotatable bonds is 6. The third kappa shape index (κ3) is 4.71. The lowest BCUT2D eigenvalue weighted by molar-refractivity contribution is -0.116. The van der Waals surface area contributed by atoms with E-state index in [0.717, 1.165) is 5.56 Å². The van der Waals surface area contributed by atoms with Crippen LogP contribution in [0, 0.1) is 0 Å². The van der Waals surface area contributed by atoms with Crippen LogP contribution in [-0.4, -0.2) is 18.4 Å². The van der Waals surface area contributed by atoms with Crippen LogP contribution in [-0.2, 0) is 16.0 Å².